The third-order valence-electron chi connectivity index (χ3n) is 6.48. The van der Waals surface area contributed by atoms with E-state index in [1.54, 1.807) is 0 Å². The predicted octanol–water partition coefficient (Wildman–Crippen LogP) is 6.80. The van der Waals surface area contributed by atoms with E-state index in [1.165, 1.54) is 77.0 Å². The molecule has 0 heterocycles. The van der Waals surface area contributed by atoms with Gasteiger partial charge in [0.05, 0.1) is 19.6 Å². The molecule has 0 aromatic carbocycles. The van der Waals surface area contributed by atoms with Crippen LogP contribution >= 0.6 is 0 Å². The van der Waals surface area contributed by atoms with Gasteiger partial charge in [-0.15, -0.1) is 0 Å². The summed E-state index contributed by atoms with van der Waals surface area (Å²) in [4.78, 5) is 24.2. The van der Waals surface area contributed by atoms with Crippen molar-refractivity contribution in [1.29, 1.82) is 0 Å². The minimum absolute atomic E-state index is 0. The summed E-state index contributed by atoms with van der Waals surface area (Å²) in [5.41, 5.74) is 0. The number of ether oxygens (including phenoxy) is 2. The van der Waals surface area contributed by atoms with Gasteiger partial charge in [-0.25, -0.2) is 0 Å². The molecule has 0 rings (SSSR count). The number of carbonyl (C=O) groups is 2. The third-order valence-corrected chi connectivity index (χ3v) is 7.56. The van der Waals surface area contributed by atoms with E-state index < -0.39 is 33.7 Å². The Labute approximate surface area is 278 Å². The number of hydrogen-bond donors (Lipinski definition) is 1. The second-order valence-electron chi connectivity index (χ2n) is 9.96. The molecule has 0 bridgehead atoms. The van der Waals surface area contributed by atoms with E-state index in [-0.39, 0.29) is 72.3 Å². The summed E-state index contributed by atoms with van der Waals surface area (Å²) < 4.78 is 42.7. The molecule has 1 unspecified atom stereocenters. The van der Waals surface area contributed by atoms with Gasteiger partial charge in [-0.05, 0) is 12.8 Å². The monoisotopic (exact) mass is 580 g/mol. The molecule has 0 aliphatic heterocycles. The van der Waals surface area contributed by atoms with Crippen LogP contribution in [-0.4, -0.2) is 102 Å². The van der Waals surface area contributed by atoms with Crippen molar-refractivity contribution in [2.45, 2.75) is 154 Å². The number of rotatable bonds is 26. The van der Waals surface area contributed by atoms with Crippen molar-refractivity contribution in [1.82, 2.24) is 0 Å². The minimum Gasteiger partial charge on any atom is -0.466 e. The molecule has 0 saturated heterocycles. The molecule has 1 N–H and O–H groups in total. The van der Waals surface area contributed by atoms with Crippen LogP contribution < -0.4 is 0 Å². The minimum atomic E-state index is -4.75. The number of unbranched alkanes of at least 4 members (excludes halogenated alkanes) is 18. The van der Waals surface area contributed by atoms with Gasteiger partial charge in [0, 0.05) is 59.1 Å². The predicted molar refractivity (Wildman–Crippen MR) is 157 cm³/mol. The number of carbonyl (C=O) groups excluding carboxylic acids is 2. The maximum Gasteiger partial charge on any atom is 0.327 e. The normalized spacial score (nSPS) is 11.8. The van der Waals surface area contributed by atoms with Gasteiger partial charge in [-0.1, -0.05) is 129 Å². The average molecular weight is 581 g/mol. The quantitative estimate of drug-likeness (QED) is 0.0519. The van der Waals surface area contributed by atoms with Crippen molar-refractivity contribution in [3.8, 4) is 0 Å². The molecular formula is C28H54Na2O7S. The standard InChI is InChI=1S/C28H54O7S.2Na/c1-3-5-7-9-11-13-15-17-19-21-23-34-27(29)25-26(36(31,32)33)28(30)35-24-22-20-18-16-14-12-10-8-6-4-2;;/h26H,3-25H2,1-2H3,(H,31,32,33);;. The summed E-state index contributed by atoms with van der Waals surface area (Å²) in [5.74, 6) is -1.91. The molecule has 0 fully saturated rings. The number of hydrogen-bond acceptors (Lipinski definition) is 6. The van der Waals surface area contributed by atoms with Crippen LogP contribution in [0.25, 0.3) is 0 Å². The fraction of sp³-hybridized carbons (Fsp3) is 0.929. The van der Waals surface area contributed by atoms with Crippen LogP contribution in [0.5, 0.6) is 0 Å². The Bertz CT molecular complexity index is 645. The molecule has 0 aliphatic carbocycles. The van der Waals surface area contributed by atoms with Crippen molar-refractivity contribution in [2.24, 2.45) is 0 Å². The summed E-state index contributed by atoms with van der Waals surface area (Å²) in [6, 6.07) is 0. The molecular weight excluding hydrogens is 526 g/mol. The molecule has 38 heavy (non-hydrogen) atoms. The fourth-order valence-electron chi connectivity index (χ4n) is 4.15. The fourth-order valence-corrected chi connectivity index (χ4v) is 4.81. The van der Waals surface area contributed by atoms with Crippen LogP contribution in [0.2, 0.25) is 0 Å². The summed E-state index contributed by atoms with van der Waals surface area (Å²) in [6.45, 7) is 4.67. The molecule has 0 saturated carbocycles. The molecule has 0 aliphatic rings. The zero-order chi connectivity index (χ0) is 26.9. The summed E-state index contributed by atoms with van der Waals surface area (Å²) in [5, 5.41) is -1.93. The van der Waals surface area contributed by atoms with Crippen molar-refractivity contribution in [2.75, 3.05) is 13.2 Å². The molecule has 0 aromatic heterocycles. The van der Waals surface area contributed by atoms with Crippen molar-refractivity contribution in [3.63, 3.8) is 0 Å². The first-order valence-corrected chi connectivity index (χ1v) is 16.1. The van der Waals surface area contributed by atoms with Gasteiger partial charge < -0.3 is 9.47 Å². The van der Waals surface area contributed by atoms with Crippen LogP contribution in [0.1, 0.15) is 149 Å². The molecule has 2 radical (unpaired) electrons. The maximum absolute atomic E-state index is 12.2. The Morgan fingerprint density at radius 1 is 0.579 bits per heavy atom. The smallest absolute Gasteiger partial charge is 0.327 e. The maximum atomic E-state index is 12.2. The van der Waals surface area contributed by atoms with Crippen LogP contribution in [0.15, 0.2) is 0 Å². The molecule has 10 heteroatoms. The zero-order valence-electron chi connectivity index (χ0n) is 25.1. The van der Waals surface area contributed by atoms with Crippen molar-refractivity contribution in [3.05, 3.63) is 0 Å². The van der Waals surface area contributed by atoms with E-state index in [4.69, 9.17) is 9.47 Å². The summed E-state index contributed by atoms with van der Waals surface area (Å²) >= 11 is 0. The second kappa shape index (κ2) is 30.8. The zero-order valence-corrected chi connectivity index (χ0v) is 30.0. The Morgan fingerprint density at radius 3 is 1.24 bits per heavy atom. The number of esters is 2. The van der Waals surface area contributed by atoms with Gasteiger partial charge in [0.1, 0.15) is 0 Å². The molecule has 216 valence electrons. The molecule has 7 nitrogen and oxygen atoms in total. The SMILES string of the molecule is CCCCCCCCCCCCOC(=O)CC(C(=O)OCCCCCCCCCCCC)S(=O)(=O)O.[Na].[Na]. The Hall–Kier alpha value is 0.850. The van der Waals surface area contributed by atoms with Crippen LogP contribution in [0.3, 0.4) is 0 Å². The Kier molecular flexibility index (Phi) is 35.1. The van der Waals surface area contributed by atoms with Gasteiger partial charge in [0.15, 0.2) is 5.25 Å². The van der Waals surface area contributed by atoms with Crippen molar-refractivity contribution >= 4 is 81.2 Å². The third kappa shape index (κ3) is 28.4. The van der Waals surface area contributed by atoms with E-state index in [0.717, 1.165) is 38.5 Å². The first kappa shape index (κ1) is 43.3. The average Bonchev–Trinajstić information content (AvgIpc) is 2.83. The van der Waals surface area contributed by atoms with Gasteiger partial charge >= 0.3 is 11.9 Å². The van der Waals surface area contributed by atoms with E-state index in [1.807, 2.05) is 0 Å². The van der Waals surface area contributed by atoms with Gasteiger partial charge in [0.2, 0.25) is 0 Å². The van der Waals surface area contributed by atoms with E-state index >= 15 is 0 Å². The molecule has 0 aromatic rings. The largest absolute Gasteiger partial charge is 0.466 e. The first-order chi connectivity index (χ1) is 17.3. The van der Waals surface area contributed by atoms with Crippen molar-refractivity contribution < 1.29 is 32.0 Å². The van der Waals surface area contributed by atoms with E-state index in [2.05, 4.69) is 13.8 Å². The van der Waals surface area contributed by atoms with Crippen LogP contribution in [0.4, 0.5) is 0 Å². The summed E-state index contributed by atoms with van der Waals surface area (Å²) in [6.07, 6.45) is 22.1. The molecule has 0 amide bonds. The Balaban J connectivity index is -0.00000612. The topological polar surface area (TPSA) is 107 Å². The second-order valence-corrected chi connectivity index (χ2v) is 11.6. The van der Waals surface area contributed by atoms with Gasteiger partial charge in [0.25, 0.3) is 10.1 Å². The molecule has 1 atom stereocenters. The van der Waals surface area contributed by atoms with Gasteiger partial charge in [-0.3, -0.25) is 14.1 Å². The molecule has 0 spiro atoms. The van der Waals surface area contributed by atoms with Crippen LogP contribution in [0, 0.1) is 0 Å². The van der Waals surface area contributed by atoms with Gasteiger partial charge in [-0.2, -0.15) is 8.42 Å². The first-order valence-electron chi connectivity index (χ1n) is 14.6. The van der Waals surface area contributed by atoms with Crippen LogP contribution in [-0.2, 0) is 29.2 Å². The van der Waals surface area contributed by atoms with E-state index in [0.29, 0.717) is 12.8 Å². The Morgan fingerprint density at radius 2 is 0.895 bits per heavy atom. The summed E-state index contributed by atoms with van der Waals surface area (Å²) in [7, 11) is -4.75. The van der Waals surface area contributed by atoms with E-state index in [9.17, 15) is 22.6 Å².